The molecule has 0 heterocycles. The first-order chi connectivity index (χ1) is 18.5. The maximum Gasteiger partial charge on any atom is 0.433 e. The molecule has 0 aliphatic heterocycles. The smallest absolute Gasteiger partial charge is 0.433 e. The summed E-state index contributed by atoms with van der Waals surface area (Å²) in [6.45, 7) is 0.547. The lowest BCUT2D eigenvalue weighted by Gasteiger charge is -2.29. The number of benzene rings is 3. The van der Waals surface area contributed by atoms with Gasteiger partial charge in [0, 0.05) is 12.1 Å². The molecule has 1 fully saturated rings. The maximum absolute atomic E-state index is 15.0. The lowest BCUT2D eigenvalue weighted by molar-refractivity contribution is -0.196. The fraction of sp³-hybridized carbons (Fsp3) is 0.379. The van der Waals surface area contributed by atoms with E-state index >= 15 is 0 Å². The Morgan fingerprint density at radius 2 is 1.38 bits per heavy atom. The SMILES string of the molecule is CCCC1CCC(c2cc(F)c(-c3ccc(OCC(F)(F)Oc4cc(F)c(F)c(F)c4)c(F)c3)c(F)c2)CC1. The van der Waals surface area contributed by atoms with Crippen LogP contribution in [-0.2, 0) is 0 Å². The Bertz CT molecular complexity index is 1270. The van der Waals surface area contributed by atoms with Crippen LogP contribution < -0.4 is 9.47 Å². The fourth-order valence-electron chi connectivity index (χ4n) is 5.03. The summed E-state index contributed by atoms with van der Waals surface area (Å²) in [5.41, 5.74) is -0.0708. The minimum atomic E-state index is -4.19. The van der Waals surface area contributed by atoms with Crippen molar-refractivity contribution < 1.29 is 44.6 Å². The number of ether oxygens (including phenoxy) is 2. The van der Waals surface area contributed by atoms with Crippen molar-refractivity contribution in [2.24, 2.45) is 5.92 Å². The van der Waals surface area contributed by atoms with E-state index in [-0.39, 0.29) is 23.6 Å². The van der Waals surface area contributed by atoms with E-state index in [0.717, 1.165) is 56.7 Å². The van der Waals surface area contributed by atoms with Crippen molar-refractivity contribution in [2.45, 2.75) is 57.5 Å². The number of hydrogen-bond donors (Lipinski definition) is 0. The molecule has 4 rings (SSSR count). The summed E-state index contributed by atoms with van der Waals surface area (Å²) in [5.74, 6) is -9.29. The molecule has 39 heavy (non-hydrogen) atoms. The second kappa shape index (κ2) is 11.8. The lowest BCUT2D eigenvalue weighted by atomic mass is 9.77. The summed E-state index contributed by atoms with van der Waals surface area (Å²) in [5, 5.41) is 0. The van der Waals surface area contributed by atoms with Crippen molar-refractivity contribution in [3.05, 3.63) is 82.9 Å². The molecule has 10 heteroatoms. The number of alkyl halides is 2. The predicted octanol–water partition coefficient (Wildman–Crippen LogP) is 9.31. The number of rotatable bonds is 9. The molecule has 2 nitrogen and oxygen atoms in total. The van der Waals surface area contributed by atoms with E-state index in [0.29, 0.717) is 11.5 Å². The van der Waals surface area contributed by atoms with Gasteiger partial charge in [0.1, 0.15) is 17.4 Å². The van der Waals surface area contributed by atoms with E-state index in [1.165, 1.54) is 12.1 Å². The molecule has 0 aromatic heterocycles. The van der Waals surface area contributed by atoms with Gasteiger partial charge in [-0.3, -0.25) is 0 Å². The Balaban J connectivity index is 1.44. The molecule has 3 aromatic carbocycles. The number of hydrogen-bond acceptors (Lipinski definition) is 2. The van der Waals surface area contributed by atoms with Crippen molar-refractivity contribution in [1.82, 2.24) is 0 Å². The maximum atomic E-state index is 15.0. The van der Waals surface area contributed by atoms with Crippen molar-refractivity contribution >= 4 is 0 Å². The first-order valence-electron chi connectivity index (χ1n) is 12.6. The fourth-order valence-corrected chi connectivity index (χ4v) is 5.03. The van der Waals surface area contributed by atoms with Gasteiger partial charge in [0.05, 0.1) is 5.56 Å². The topological polar surface area (TPSA) is 18.5 Å². The summed E-state index contributed by atoms with van der Waals surface area (Å²) in [6, 6.07) is 5.71. The van der Waals surface area contributed by atoms with Gasteiger partial charge in [-0.1, -0.05) is 25.8 Å². The van der Waals surface area contributed by atoms with Crippen LogP contribution in [0.1, 0.15) is 56.9 Å². The summed E-state index contributed by atoms with van der Waals surface area (Å²) in [4.78, 5) is 0. The van der Waals surface area contributed by atoms with Gasteiger partial charge in [0.15, 0.2) is 35.6 Å². The van der Waals surface area contributed by atoms with Gasteiger partial charge in [-0.15, -0.1) is 0 Å². The van der Waals surface area contributed by atoms with Crippen LogP contribution in [0.25, 0.3) is 11.1 Å². The van der Waals surface area contributed by atoms with Gasteiger partial charge in [-0.2, -0.15) is 8.78 Å². The summed E-state index contributed by atoms with van der Waals surface area (Å²) in [7, 11) is 0. The molecule has 1 aliphatic rings. The average Bonchev–Trinajstić information content (AvgIpc) is 2.86. The normalized spacial score (nSPS) is 17.8. The molecule has 1 aliphatic carbocycles. The monoisotopic (exact) mass is 558 g/mol. The summed E-state index contributed by atoms with van der Waals surface area (Å²) in [6.07, 6.45) is 1.72. The van der Waals surface area contributed by atoms with Crippen LogP contribution in [0.15, 0.2) is 42.5 Å². The minimum Gasteiger partial charge on any atom is -0.480 e. The highest BCUT2D eigenvalue weighted by Gasteiger charge is 2.34. The Morgan fingerprint density at radius 1 is 0.769 bits per heavy atom. The van der Waals surface area contributed by atoms with E-state index in [1.54, 1.807) is 0 Å². The third-order valence-corrected chi connectivity index (χ3v) is 6.92. The van der Waals surface area contributed by atoms with E-state index < -0.39 is 64.7 Å². The Labute approximate surface area is 220 Å². The van der Waals surface area contributed by atoms with Crippen LogP contribution >= 0.6 is 0 Å². The molecule has 0 amide bonds. The largest absolute Gasteiger partial charge is 0.480 e. The van der Waals surface area contributed by atoms with Gasteiger partial charge in [-0.25, -0.2) is 26.3 Å². The molecular weight excluding hydrogens is 532 g/mol. The zero-order chi connectivity index (χ0) is 28.3. The number of halogens is 8. The highest BCUT2D eigenvalue weighted by molar-refractivity contribution is 5.66. The van der Waals surface area contributed by atoms with Gasteiger partial charge in [-0.05, 0) is 72.9 Å². The zero-order valence-electron chi connectivity index (χ0n) is 21.0. The van der Waals surface area contributed by atoms with Crippen LogP contribution in [0.2, 0.25) is 0 Å². The van der Waals surface area contributed by atoms with Gasteiger partial charge in [0.25, 0.3) is 0 Å². The highest BCUT2D eigenvalue weighted by atomic mass is 19.3. The van der Waals surface area contributed by atoms with Crippen molar-refractivity contribution in [2.75, 3.05) is 6.61 Å². The van der Waals surface area contributed by atoms with Crippen LogP contribution in [0.4, 0.5) is 35.1 Å². The summed E-state index contributed by atoms with van der Waals surface area (Å²) < 4.78 is 121. The molecule has 1 saturated carbocycles. The second-order valence-electron chi connectivity index (χ2n) is 9.74. The summed E-state index contributed by atoms with van der Waals surface area (Å²) >= 11 is 0. The van der Waals surface area contributed by atoms with Crippen LogP contribution in [0.5, 0.6) is 11.5 Å². The second-order valence-corrected chi connectivity index (χ2v) is 9.74. The molecule has 0 radical (unpaired) electrons. The first kappa shape index (κ1) is 28.7. The molecule has 0 atom stereocenters. The van der Waals surface area contributed by atoms with Crippen LogP contribution in [0.3, 0.4) is 0 Å². The van der Waals surface area contributed by atoms with Gasteiger partial charge >= 0.3 is 6.11 Å². The average molecular weight is 559 g/mol. The van der Waals surface area contributed by atoms with Crippen molar-refractivity contribution in [1.29, 1.82) is 0 Å². The molecule has 0 saturated heterocycles. The third-order valence-electron chi connectivity index (χ3n) is 6.92. The minimum absolute atomic E-state index is 0.0375. The van der Waals surface area contributed by atoms with Crippen LogP contribution in [-0.4, -0.2) is 12.7 Å². The first-order valence-corrected chi connectivity index (χ1v) is 12.6. The predicted molar refractivity (Wildman–Crippen MR) is 129 cm³/mol. The van der Waals surface area contributed by atoms with Crippen LogP contribution in [0, 0.1) is 40.8 Å². The van der Waals surface area contributed by atoms with Gasteiger partial charge < -0.3 is 9.47 Å². The van der Waals surface area contributed by atoms with Gasteiger partial charge in [0.2, 0.25) is 0 Å². The van der Waals surface area contributed by atoms with Crippen molar-refractivity contribution in [3.63, 3.8) is 0 Å². The molecule has 0 unspecified atom stereocenters. The standard InChI is InChI=1S/C29H26F8O2/c1-2-3-16-4-6-17(7-5-16)19-11-22(31)27(23(32)12-19)18-8-9-26(21(30)10-18)38-15-29(36,37)39-20-13-24(33)28(35)25(34)14-20/h8-14,16-17H,2-7,15H2,1H3. The third kappa shape index (κ3) is 6.83. The molecule has 210 valence electrons. The zero-order valence-corrected chi connectivity index (χ0v) is 21.0. The lowest BCUT2D eigenvalue weighted by Crippen LogP contribution is -2.32. The Kier molecular flexibility index (Phi) is 8.71. The molecular formula is C29H26F8O2. The molecule has 0 spiro atoms. The molecule has 3 aromatic rings. The van der Waals surface area contributed by atoms with E-state index in [1.807, 2.05) is 0 Å². The quantitative estimate of drug-likeness (QED) is 0.193. The Hall–Kier alpha value is -3.30. The van der Waals surface area contributed by atoms with E-state index in [2.05, 4.69) is 11.7 Å². The Morgan fingerprint density at radius 3 is 1.95 bits per heavy atom. The molecule has 0 bridgehead atoms. The highest BCUT2D eigenvalue weighted by Crippen LogP contribution is 2.40. The molecule has 0 N–H and O–H groups in total. The van der Waals surface area contributed by atoms with E-state index in [4.69, 9.17) is 4.74 Å². The van der Waals surface area contributed by atoms with Crippen molar-refractivity contribution in [3.8, 4) is 22.6 Å². The van der Waals surface area contributed by atoms with E-state index in [9.17, 15) is 35.1 Å².